The van der Waals surface area contributed by atoms with Crippen LogP contribution in [0.25, 0.3) is 0 Å². The summed E-state index contributed by atoms with van der Waals surface area (Å²) in [5.41, 5.74) is 5.33. The molecule has 27 heavy (non-hydrogen) atoms. The number of carbonyl (C=O) groups is 2. The second-order valence-corrected chi connectivity index (χ2v) is 7.13. The number of hydrogen-bond acceptors (Lipinski definition) is 2. The molecule has 2 aromatic rings. The molecule has 2 aromatic carbocycles. The summed E-state index contributed by atoms with van der Waals surface area (Å²) in [6, 6.07) is 8.39. The summed E-state index contributed by atoms with van der Waals surface area (Å²) in [5.74, 6) is -1.38. The first-order valence-corrected chi connectivity index (χ1v) is 8.92. The number of primary amides is 1. The topological polar surface area (TPSA) is 72.2 Å². The van der Waals surface area contributed by atoms with Crippen molar-refractivity contribution in [1.82, 2.24) is 5.32 Å². The number of amides is 2. The quantitative estimate of drug-likeness (QED) is 0.682. The monoisotopic (exact) mass is 462 g/mol. The molecule has 0 aliphatic carbocycles. The molecule has 0 aromatic heterocycles. The van der Waals surface area contributed by atoms with Gasteiger partial charge in [0.1, 0.15) is 6.04 Å². The summed E-state index contributed by atoms with van der Waals surface area (Å²) in [4.78, 5) is 23.9. The minimum atomic E-state index is -4.50. The van der Waals surface area contributed by atoms with Gasteiger partial charge in [-0.1, -0.05) is 45.7 Å². The van der Waals surface area contributed by atoms with Gasteiger partial charge in [0.15, 0.2) is 0 Å². The van der Waals surface area contributed by atoms with E-state index in [-0.39, 0.29) is 18.4 Å². The first kappa shape index (κ1) is 21.2. The van der Waals surface area contributed by atoms with Crippen LogP contribution < -0.4 is 11.1 Å². The highest BCUT2D eigenvalue weighted by Crippen LogP contribution is 2.29. The van der Waals surface area contributed by atoms with Crippen molar-refractivity contribution in [3.05, 3.63) is 68.7 Å². The zero-order valence-electron chi connectivity index (χ0n) is 13.8. The third-order valence-electron chi connectivity index (χ3n) is 3.73. The molecule has 0 aliphatic heterocycles. The highest BCUT2D eigenvalue weighted by molar-refractivity contribution is 9.10. The highest BCUT2D eigenvalue weighted by Gasteiger charge is 2.30. The van der Waals surface area contributed by atoms with Crippen LogP contribution in [0.2, 0.25) is 5.02 Å². The lowest BCUT2D eigenvalue weighted by atomic mass is 10.0. The summed E-state index contributed by atoms with van der Waals surface area (Å²) in [7, 11) is 0. The Morgan fingerprint density at radius 2 is 1.89 bits per heavy atom. The number of alkyl halides is 3. The van der Waals surface area contributed by atoms with Gasteiger partial charge in [-0.25, -0.2) is 0 Å². The Balaban J connectivity index is 2.09. The standard InChI is InChI=1S/C18H15BrClF3N2O2/c19-14-5-4-13(20)8-11(14)9-15(17(24)27)25-16(26)7-10-2-1-3-12(6-10)18(21,22)23/h1-6,8,15H,7,9H2,(H2,24,27)(H,25,26)/t15-/m1/s1. The minimum Gasteiger partial charge on any atom is -0.368 e. The molecule has 0 heterocycles. The van der Waals surface area contributed by atoms with E-state index in [4.69, 9.17) is 17.3 Å². The van der Waals surface area contributed by atoms with Crippen LogP contribution >= 0.6 is 27.5 Å². The third-order valence-corrected chi connectivity index (χ3v) is 4.74. The molecule has 0 saturated carbocycles. The number of hydrogen-bond donors (Lipinski definition) is 2. The van der Waals surface area contributed by atoms with Crippen LogP contribution in [0.5, 0.6) is 0 Å². The molecule has 3 N–H and O–H groups in total. The Morgan fingerprint density at radius 3 is 2.52 bits per heavy atom. The molecular formula is C18H15BrClF3N2O2. The molecule has 4 nitrogen and oxygen atoms in total. The zero-order chi connectivity index (χ0) is 20.2. The van der Waals surface area contributed by atoms with Gasteiger partial charge in [0.05, 0.1) is 12.0 Å². The molecule has 0 saturated heterocycles. The lowest BCUT2D eigenvalue weighted by molar-refractivity contribution is -0.137. The van der Waals surface area contributed by atoms with Gasteiger partial charge in [-0.3, -0.25) is 9.59 Å². The van der Waals surface area contributed by atoms with Crippen LogP contribution in [-0.2, 0) is 28.6 Å². The number of halogens is 5. The predicted octanol–water partition coefficient (Wildman–Crippen LogP) is 3.88. The first-order chi connectivity index (χ1) is 12.6. The van der Waals surface area contributed by atoms with Crippen LogP contribution in [0, 0.1) is 0 Å². The van der Waals surface area contributed by atoms with Crippen molar-refractivity contribution in [1.29, 1.82) is 0 Å². The van der Waals surface area contributed by atoms with E-state index < -0.39 is 29.6 Å². The van der Waals surface area contributed by atoms with Crippen LogP contribution in [0.4, 0.5) is 13.2 Å². The SMILES string of the molecule is NC(=O)[C@@H](Cc1cc(Cl)ccc1Br)NC(=O)Cc1cccc(C(F)(F)F)c1. The van der Waals surface area contributed by atoms with Crippen molar-refractivity contribution in [2.24, 2.45) is 5.73 Å². The fourth-order valence-corrected chi connectivity index (χ4v) is 3.03. The minimum absolute atomic E-state index is 0.0881. The van der Waals surface area contributed by atoms with Crippen molar-refractivity contribution in [2.45, 2.75) is 25.1 Å². The third kappa shape index (κ3) is 6.25. The van der Waals surface area contributed by atoms with Gasteiger partial charge in [0, 0.05) is 15.9 Å². The average molecular weight is 464 g/mol. The summed E-state index contributed by atoms with van der Waals surface area (Å²) in [6.07, 6.45) is -4.73. The molecule has 9 heteroatoms. The van der Waals surface area contributed by atoms with E-state index in [1.165, 1.54) is 12.1 Å². The summed E-state index contributed by atoms with van der Waals surface area (Å²) < 4.78 is 39.0. The second-order valence-electron chi connectivity index (χ2n) is 5.84. The number of nitrogens with two attached hydrogens (primary N) is 1. The Morgan fingerprint density at radius 1 is 1.19 bits per heavy atom. The normalized spacial score (nSPS) is 12.5. The molecule has 144 valence electrons. The van der Waals surface area contributed by atoms with E-state index in [0.717, 1.165) is 12.1 Å². The highest BCUT2D eigenvalue weighted by atomic mass is 79.9. The number of rotatable bonds is 6. The molecule has 0 aliphatic rings. The summed E-state index contributed by atoms with van der Waals surface area (Å²) in [5, 5.41) is 2.91. The maximum atomic E-state index is 12.8. The summed E-state index contributed by atoms with van der Waals surface area (Å²) in [6.45, 7) is 0. The number of carbonyl (C=O) groups excluding carboxylic acids is 2. The van der Waals surface area contributed by atoms with E-state index in [9.17, 15) is 22.8 Å². The Labute approximate surface area is 167 Å². The van der Waals surface area contributed by atoms with E-state index in [0.29, 0.717) is 15.1 Å². The Kier molecular flexibility index (Phi) is 6.89. The van der Waals surface area contributed by atoms with Crippen LogP contribution in [0.1, 0.15) is 16.7 Å². The van der Waals surface area contributed by atoms with Crippen molar-refractivity contribution < 1.29 is 22.8 Å². The van der Waals surface area contributed by atoms with E-state index in [1.54, 1.807) is 18.2 Å². The maximum Gasteiger partial charge on any atom is 0.416 e. The second kappa shape index (κ2) is 8.75. The fraction of sp³-hybridized carbons (Fsp3) is 0.222. The number of nitrogens with one attached hydrogen (secondary N) is 1. The van der Waals surface area contributed by atoms with Crippen molar-refractivity contribution in [3.63, 3.8) is 0 Å². The maximum absolute atomic E-state index is 12.8. The largest absolute Gasteiger partial charge is 0.416 e. The number of benzene rings is 2. The van der Waals surface area contributed by atoms with E-state index in [1.807, 2.05) is 0 Å². The molecule has 2 rings (SSSR count). The van der Waals surface area contributed by atoms with E-state index in [2.05, 4.69) is 21.2 Å². The predicted molar refractivity (Wildman–Crippen MR) is 99.1 cm³/mol. The van der Waals surface area contributed by atoms with Crippen LogP contribution in [0.15, 0.2) is 46.9 Å². The fourth-order valence-electron chi connectivity index (χ4n) is 2.43. The van der Waals surface area contributed by atoms with Gasteiger partial charge in [-0.05, 0) is 35.4 Å². The summed E-state index contributed by atoms with van der Waals surface area (Å²) >= 11 is 9.25. The lowest BCUT2D eigenvalue weighted by Gasteiger charge is -2.17. The van der Waals surface area contributed by atoms with Gasteiger partial charge in [-0.15, -0.1) is 0 Å². The van der Waals surface area contributed by atoms with Gasteiger partial charge in [0.25, 0.3) is 0 Å². The Bertz CT molecular complexity index is 859. The molecule has 0 fully saturated rings. The van der Waals surface area contributed by atoms with Crippen molar-refractivity contribution in [2.75, 3.05) is 0 Å². The zero-order valence-corrected chi connectivity index (χ0v) is 16.2. The molecule has 0 spiro atoms. The van der Waals surface area contributed by atoms with Gasteiger partial charge in [0.2, 0.25) is 11.8 Å². The van der Waals surface area contributed by atoms with Crippen molar-refractivity contribution in [3.8, 4) is 0 Å². The average Bonchev–Trinajstić information content (AvgIpc) is 2.56. The molecule has 0 unspecified atom stereocenters. The first-order valence-electron chi connectivity index (χ1n) is 7.75. The van der Waals surface area contributed by atoms with Crippen molar-refractivity contribution >= 4 is 39.3 Å². The van der Waals surface area contributed by atoms with Gasteiger partial charge >= 0.3 is 6.18 Å². The lowest BCUT2D eigenvalue weighted by Crippen LogP contribution is -2.46. The smallest absolute Gasteiger partial charge is 0.368 e. The molecular weight excluding hydrogens is 449 g/mol. The van der Waals surface area contributed by atoms with Crippen LogP contribution in [0.3, 0.4) is 0 Å². The molecule has 1 atom stereocenters. The van der Waals surface area contributed by atoms with Gasteiger partial charge < -0.3 is 11.1 Å². The van der Waals surface area contributed by atoms with E-state index >= 15 is 0 Å². The van der Waals surface area contributed by atoms with Gasteiger partial charge in [-0.2, -0.15) is 13.2 Å². The molecule has 0 radical (unpaired) electrons. The molecule has 0 bridgehead atoms. The Hall–Kier alpha value is -2.06. The molecule has 2 amide bonds. The van der Waals surface area contributed by atoms with Crippen LogP contribution in [-0.4, -0.2) is 17.9 Å².